The number of nitro groups is 1. The highest BCUT2D eigenvalue weighted by molar-refractivity contribution is 5.98. The first kappa shape index (κ1) is 19.3. The molecule has 3 N–H and O–H groups in total. The van der Waals surface area contributed by atoms with Crippen molar-refractivity contribution in [2.45, 2.75) is 32.2 Å². The lowest BCUT2D eigenvalue weighted by Crippen LogP contribution is -2.49. The predicted octanol–water partition coefficient (Wildman–Crippen LogP) is 2.40. The van der Waals surface area contributed by atoms with E-state index in [-0.39, 0.29) is 24.5 Å². The van der Waals surface area contributed by atoms with Crippen LogP contribution in [0.4, 0.5) is 10.1 Å². The maximum absolute atomic E-state index is 13.0. The summed E-state index contributed by atoms with van der Waals surface area (Å²) in [6, 6.07) is 2.83. The van der Waals surface area contributed by atoms with Gasteiger partial charge in [0.2, 0.25) is 0 Å². The summed E-state index contributed by atoms with van der Waals surface area (Å²) in [5.41, 5.74) is 4.75. The number of nitrogens with two attached hydrogens (primary N) is 1. The van der Waals surface area contributed by atoms with E-state index in [9.17, 15) is 19.3 Å². The van der Waals surface area contributed by atoms with Gasteiger partial charge in [-0.3, -0.25) is 14.9 Å². The number of rotatable bonds is 6. The molecule has 8 heteroatoms. The number of halogens is 2. The Balaban J connectivity index is 0.00000400. The van der Waals surface area contributed by atoms with Gasteiger partial charge in [0.1, 0.15) is 11.4 Å². The van der Waals surface area contributed by atoms with Gasteiger partial charge in [-0.1, -0.05) is 13.8 Å². The lowest BCUT2D eigenvalue weighted by atomic mass is 9.94. The fraction of sp³-hybridized carbons (Fsp3) is 0.462. The van der Waals surface area contributed by atoms with Gasteiger partial charge in [0, 0.05) is 12.1 Å². The summed E-state index contributed by atoms with van der Waals surface area (Å²) in [5, 5.41) is 13.4. The third-order valence-corrected chi connectivity index (χ3v) is 3.41. The van der Waals surface area contributed by atoms with E-state index in [2.05, 4.69) is 5.32 Å². The maximum Gasteiger partial charge on any atom is 0.285 e. The monoisotopic (exact) mass is 319 g/mol. The number of hydrogen-bond donors (Lipinski definition) is 2. The first-order valence-corrected chi connectivity index (χ1v) is 6.34. The van der Waals surface area contributed by atoms with Crippen molar-refractivity contribution in [1.29, 1.82) is 0 Å². The highest BCUT2D eigenvalue weighted by Gasteiger charge is 2.25. The molecule has 0 heterocycles. The van der Waals surface area contributed by atoms with E-state index in [0.29, 0.717) is 12.8 Å². The van der Waals surface area contributed by atoms with Gasteiger partial charge in [-0.2, -0.15) is 0 Å². The average Bonchev–Trinajstić information content (AvgIpc) is 2.44. The third kappa shape index (κ3) is 4.95. The van der Waals surface area contributed by atoms with E-state index < -0.39 is 27.9 Å². The number of nitrogens with zero attached hydrogens (tertiary/aromatic N) is 1. The second-order valence-corrected chi connectivity index (χ2v) is 4.67. The lowest BCUT2D eigenvalue weighted by molar-refractivity contribution is -0.385. The van der Waals surface area contributed by atoms with Crippen LogP contribution in [0.25, 0.3) is 0 Å². The van der Waals surface area contributed by atoms with Crippen LogP contribution in [0.2, 0.25) is 0 Å². The molecule has 0 atom stereocenters. The van der Waals surface area contributed by atoms with Crippen molar-refractivity contribution in [3.63, 3.8) is 0 Å². The van der Waals surface area contributed by atoms with Crippen molar-refractivity contribution in [3.05, 3.63) is 39.7 Å². The molecule has 0 radical (unpaired) electrons. The molecule has 0 aliphatic rings. The summed E-state index contributed by atoms with van der Waals surface area (Å²) < 4.78 is 13.0. The third-order valence-electron chi connectivity index (χ3n) is 3.41. The minimum atomic E-state index is -0.784. The molecule has 0 spiro atoms. The van der Waals surface area contributed by atoms with Crippen LogP contribution in [0, 0.1) is 15.9 Å². The molecule has 1 rings (SSSR count). The zero-order valence-electron chi connectivity index (χ0n) is 11.9. The zero-order valence-corrected chi connectivity index (χ0v) is 12.7. The number of amides is 1. The molecule has 6 nitrogen and oxygen atoms in total. The average molecular weight is 320 g/mol. The number of carbonyl (C=O) groups excluding carboxylic acids is 1. The second kappa shape index (κ2) is 7.90. The summed E-state index contributed by atoms with van der Waals surface area (Å²) in [6.07, 6.45) is 1.32. The Bertz CT molecular complexity index is 521. The molecule has 0 bridgehead atoms. The number of nitro benzene ring substituents is 1. The summed E-state index contributed by atoms with van der Waals surface area (Å²) in [6.45, 7) is 4.00. The van der Waals surface area contributed by atoms with Crippen LogP contribution >= 0.6 is 12.4 Å². The van der Waals surface area contributed by atoms with Crippen LogP contribution in [-0.2, 0) is 0 Å². The Hall–Kier alpha value is -1.73. The van der Waals surface area contributed by atoms with E-state index in [1.807, 2.05) is 13.8 Å². The molecule has 0 saturated heterocycles. The highest BCUT2D eigenvalue weighted by atomic mass is 35.5. The largest absolute Gasteiger partial charge is 0.350 e. The first-order chi connectivity index (χ1) is 9.33. The summed E-state index contributed by atoms with van der Waals surface area (Å²) >= 11 is 0. The molecule has 1 aromatic rings. The number of benzene rings is 1. The van der Waals surface area contributed by atoms with E-state index in [1.54, 1.807) is 0 Å². The highest BCUT2D eigenvalue weighted by Crippen LogP contribution is 2.20. The fourth-order valence-corrected chi connectivity index (χ4v) is 1.70. The number of nitrogens with one attached hydrogen (secondary N) is 1. The minimum absolute atomic E-state index is 0. The van der Waals surface area contributed by atoms with Gasteiger partial charge in [0.15, 0.2) is 0 Å². The van der Waals surface area contributed by atoms with E-state index in [0.717, 1.165) is 18.2 Å². The van der Waals surface area contributed by atoms with Crippen LogP contribution in [0.15, 0.2) is 18.2 Å². The molecule has 0 aliphatic carbocycles. The van der Waals surface area contributed by atoms with Gasteiger partial charge < -0.3 is 11.1 Å². The minimum Gasteiger partial charge on any atom is -0.350 e. The van der Waals surface area contributed by atoms with E-state index in [1.165, 1.54) is 0 Å². The van der Waals surface area contributed by atoms with Gasteiger partial charge in [-0.15, -0.1) is 12.4 Å². The molecule has 1 amide bonds. The summed E-state index contributed by atoms with van der Waals surface area (Å²) in [7, 11) is 0. The molecule has 0 saturated carbocycles. The van der Waals surface area contributed by atoms with E-state index in [4.69, 9.17) is 5.73 Å². The smallest absolute Gasteiger partial charge is 0.285 e. The van der Waals surface area contributed by atoms with Crippen molar-refractivity contribution in [1.82, 2.24) is 5.32 Å². The lowest BCUT2D eigenvalue weighted by Gasteiger charge is -2.26. The van der Waals surface area contributed by atoms with Crippen LogP contribution in [0.5, 0.6) is 0 Å². The molecule has 0 unspecified atom stereocenters. The van der Waals surface area contributed by atoms with Crippen LogP contribution < -0.4 is 11.1 Å². The predicted molar refractivity (Wildman–Crippen MR) is 80.1 cm³/mol. The summed E-state index contributed by atoms with van der Waals surface area (Å²) in [4.78, 5) is 22.0. The SMILES string of the molecule is CCC(N)(CC)CNC(=O)c1ccc(F)cc1[N+](=O)[O-].Cl. The number of carbonyl (C=O) groups is 1. The molecule has 1 aromatic carbocycles. The van der Waals surface area contributed by atoms with Gasteiger partial charge in [-0.05, 0) is 25.0 Å². The van der Waals surface area contributed by atoms with Gasteiger partial charge in [-0.25, -0.2) is 4.39 Å². The van der Waals surface area contributed by atoms with Crippen LogP contribution in [-0.4, -0.2) is 22.9 Å². The Morgan fingerprint density at radius 3 is 2.48 bits per heavy atom. The molecular formula is C13H19ClFN3O3. The van der Waals surface area contributed by atoms with Gasteiger partial charge in [0.25, 0.3) is 11.6 Å². The molecule has 0 aromatic heterocycles. The Labute approximate surface area is 128 Å². The van der Waals surface area contributed by atoms with Crippen molar-refractivity contribution in [2.24, 2.45) is 5.73 Å². The second-order valence-electron chi connectivity index (χ2n) is 4.67. The standard InChI is InChI=1S/C13H18FN3O3.ClH/c1-3-13(15,4-2)8-16-12(18)10-6-5-9(14)7-11(10)17(19)20;/h5-7H,3-4,8,15H2,1-2H3,(H,16,18);1H. The van der Waals surface area contributed by atoms with Crippen LogP contribution in [0.1, 0.15) is 37.0 Å². The molecular weight excluding hydrogens is 301 g/mol. The van der Waals surface area contributed by atoms with Crippen molar-refractivity contribution in [3.8, 4) is 0 Å². The molecule has 0 aliphatic heterocycles. The summed E-state index contributed by atoms with van der Waals surface area (Å²) in [5.74, 6) is -1.39. The molecule has 0 fully saturated rings. The fourth-order valence-electron chi connectivity index (χ4n) is 1.70. The quantitative estimate of drug-likeness (QED) is 0.621. The van der Waals surface area contributed by atoms with Gasteiger partial charge in [0.05, 0.1) is 11.0 Å². The maximum atomic E-state index is 13.0. The first-order valence-electron chi connectivity index (χ1n) is 6.34. The van der Waals surface area contributed by atoms with Crippen molar-refractivity contribution >= 4 is 24.0 Å². The van der Waals surface area contributed by atoms with Crippen molar-refractivity contribution in [2.75, 3.05) is 6.54 Å². The Morgan fingerprint density at radius 1 is 1.43 bits per heavy atom. The topological polar surface area (TPSA) is 98.3 Å². The Morgan fingerprint density at radius 2 is 2.00 bits per heavy atom. The molecule has 21 heavy (non-hydrogen) atoms. The van der Waals surface area contributed by atoms with Crippen LogP contribution in [0.3, 0.4) is 0 Å². The molecule has 118 valence electrons. The zero-order chi connectivity index (χ0) is 15.3. The van der Waals surface area contributed by atoms with Crippen molar-refractivity contribution < 1.29 is 14.1 Å². The van der Waals surface area contributed by atoms with Gasteiger partial charge >= 0.3 is 0 Å². The van der Waals surface area contributed by atoms with E-state index >= 15 is 0 Å². The Kier molecular flexibility index (Phi) is 7.25. The number of hydrogen-bond acceptors (Lipinski definition) is 4. The normalized spacial score (nSPS) is 10.7.